The van der Waals surface area contributed by atoms with Crippen molar-refractivity contribution in [2.45, 2.75) is 38.8 Å². The van der Waals surface area contributed by atoms with Gasteiger partial charge in [-0.1, -0.05) is 5.16 Å². The first kappa shape index (κ1) is 15.0. The van der Waals surface area contributed by atoms with Gasteiger partial charge in [0, 0.05) is 19.2 Å². The van der Waals surface area contributed by atoms with Crippen LogP contribution in [0.3, 0.4) is 0 Å². The molecule has 0 aromatic carbocycles. The number of rotatable bonds is 6. The van der Waals surface area contributed by atoms with Gasteiger partial charge in [0.15, 0.2) is 5.76 Å². The fourth-order valence-electron chi connectivity index (χ4n) is 3.57. The molecule has 0 saturated carbocycles. The molecular weight excluding hydrogens is 264 g/mol. The molecule has 1 N–H and O–H groups in total. The molecule has 1 aromatic heterocycles. The van der Waals surface area contributed by atoms with E-state index in [1.165, 1.54) is 58.4 Å². The van der Waals surface area contributed by atoms with E-state index >= 15 is 0 Å². The topological polar surface area (TPSA) is 44.5 Å². The standard InChI is InChI=1S/C16H28N4O/c1-17-11-15-10-16(21-18-15)13-20-8-4-14(5-9-20)12-19-6-2-3-7-19/h10,14,17H,2-9,11-13H2,1H3. The SMILES string of the molecule is CNCc1cc(CN2CCC(CN3CCCC3)CC2)on1. The third kappa shape index (κ3) is 4.28. The van der Waals surface area contributed by atoms with Crippen LogP contribution in [0, 0.1) is 5.92 Å². The zero-order valence-electron chi connectivity index (χ0n) is 13.2. The Morgan fingerprint density at radius 1 is 1.19 bits per heavy atom. The zero-order valence-corrected chi connectivity index (χ0v) is 13.2. The van der Waals surface area contributed by atoms with E-state index in [1.807, 2.05) is 7.05 Å². The number of nitrogens with one attached hydrogen (secondary N) is 1. The van der Waals surface area contributed by atoms with Gasteiger partial charge in [0.1, 0.15) is 0 Å². The monoisotopic (exact) mass is 292 g/mol. The molecule has 21 heavy (non-hydrogen) atoms. The van der Waals surface area contributed by atoms with Crippen LogP contribution in [-0.2, 0) is 13.1 Å². The van der Waals surface area contributed by atoms with Crippen molar-refractivity contribution in [1.82, 2.24) is 20.3 Å². The van der Waals surface area contributed by atoms with Gasteiger partial charge in [-0.3, -0.25) is 4.90 Å². The van der Waals surface area contributed by atoms with Crippen molar-refractivity contribution < 1.29 is 4.52 Å². The van der Waals surface area contributed by atoms with Crippen molar-refractivity contribution in [3.63, 3.8) is 0 Å². The Hall–Kier alpha value is -0.910. The Kier molecular flexibility index (Phi) is 5.27. The highest BCUT2D eigenvalue weighted by Gasteiger charge is 2.23. The molecular formula is C16H28N4O. The van der Waals surface area contributed by atoms with Crippen molar-refractivity contribution in [3.05, 3.63) is 17.5 Å². The number of likely N-dealkylation sites (tertiary alicyclic amines) is 2. The van der Waals surface area contributed by atoms with Crippen molar-refractivity contribution in [3.8, 4) is 0 Å². The second-order valence-corrected chi connectivity index (χ2v) is 6.54. The average Bonchev–Trinajstić information content (AvgIpc) is 3.14. The number of nitrogens with zero attached hydrogens (tertiary/aromatic N) is 3. The van der Waals surface area contributed by atoms with Gasteiger partial charge in [0.2, 0.25) is 0 Å². The predicted octanol–water partition coefficient (Wildman–Crippen LogP) is 1.70. The first-order chi connectivity index (χ1) is 10.3. The second-order valence-electron chi connectivity index (χ2n) is 6.54. The molecule has 3 heterocycles. The minimum absolute atomic E-state index is 0.779. The Balaban J connectivity index is 1.40. The molecule has 0 unspecified atom stereocenters. The minimum atomic E-state index is 0.779. The number of aromatic nitrogens is 1. The summed E-state index contributed by atoms with van der Waals surface area (Å²) < 4.78 is 5.41. The number of hydrogen-bond donors (Lipinski definition) is 1. The highest BCUT2D eigenvalue weighted by Crippen LogP contribution is 2.22. The van der Waals surface area contributed by atoms with E-state index in [0.29, 0.717) is 0 Å². The van der Waals surface area contributed by atoms with E-state index in [2.05, 4.69) is 26.3 Å². The van der Waals surface area contributed by atoms with Crippen LogP contribution >= 0.6 is 0 Å². The predicted molar refractivity (Wildman–Crippen MR) is 82.9 cm³/mol. The Labute approximate surface area is 127 Å². The van der Waals surface area contributed by atoms with E-state index in [9.17, 15) is 0 Å². The van der Waals surface area contributed by atoms with Crippen molar-refractivity contribution in [2.24, 2.45) is 5.92 Å². The Morgan fingerprint density at radius 3 is 2.67 bits per heavy atom. The highest BCUT2D eigenvalue weighted by molar-refractivity contribution is 5.05. The van der Waals surface area contributed by atoms with Gasteiger partial charge in [-0.15, -0.1) is 0 Å². The maximum atomic E-state index is 5.41. The van der Waals surface area contributed by atoms with Crippen LogP contribution in [0.2, 0.25) is 0 Å². The molecule has 0 amide bonds. The fourth-order valence-corrected chi connectivity index (χ4v) is 3.57. The number of hydrogen-bond acceptors (Lipinski definition) is 5. The fraction of sp³-hybridized carbons (Fsp3) is 0.812. The molecule has 0 atom stereocenters. The van der Waals surface area contributed by atoms with Crippen LogP contribution in [0.1, 0.15) is 37.1 Å². The van der Waals surface area contributed by atoms with Crippen molar-refractivity contribution in [2.75, 3.05) is 39.8 Å². The Morgan fingerprint density at radius 2 is 1.95 bits per heavy atom. The molecule has 2 aliphatic heterocycles. The summed E-state index contributed by atoms with van der Waals surface area (Å²) in [5, 5.41) is 7.18. The summed E-state index contributed by atoms with van der Waals surface area (Å²) in [6.07, 6.45) is 5.46. The quantitative estimate of drug-likeness (QED) is 0.864. The molecule has 1 aromatic rings. The van der Waals surface area contributed by atoms with Gasteiger partial charge in [-0.05, 0) is 64.8 Å². The maximum Gasteiger partial charge on any atom is 0.151 e. The summed E-state index contributed by atoms with van der Waals surface area (Å²) in [5.74, 6) is 1.90. The van der Waals surface area contributed by atoms with Gasteiger partial charge < -0.3 is 14.7 Å². The van der Waals surface area contributed by atoms with E-state index in [1.54, 1.807) is 0 Å². The zero-order chi connectivity index (χ0) is 14.5. The molecule has 2 saturated heterocycles. The normalized spacial score (nSPS) is 22.1. The summed E-state index contributed by atoms with van der Waals surface area (Å²) in [7, 11) is 1.93. The first-order valence-electron chi connectivity index (χ1n) is 8.37. The lowest BCUT2D eigenvalue weighted by Crippen LogP contribution is -2.37. The maximum absolute atomic E-state index is 5.41. The molecule has 0 bridgehead atoms. The lowest BCUT2D eigenvalue weighted by molar-refractivity contribution is 0.138. The van der Waals surface area contributed by atoms with Gasteiger partial charge in [0.05, 0.1) is 12.2 Å². The average molecular weight is 292 g/mol. The molecule has 0 spiro atoms. The van der Waals surface area contributed by atoms with Crippen molar-refractivity contribution in [1.29, 1.82) is 0 Å². The van der Waals surface area contributed by atoms with Gasteiger partial charge in [-0.2, -0.15) is 0 Å². The van der Waals surface area contributed by atoms with E-state index in [4.69, 9.17) is 4.52 Å². The van der Waals surface area contributed by atoms with E-state index < -0.39 is 0 Å². The summed E-state index contributed by atoms with van der Waals surface area (Å²) >= 11 is 0. The van der Waals surface area contributed by atoms with Crippen LogP contribution in [0.5, 0.6) is 0 Å². The molecule has 5 nitrogen and oxygen atoms in total. The van der Waals surface area contributed by atoms with E-state index in [-0.39, 0.29) is 0 Å². The van der Waals surface area contributed by atoms with Crippen LogP contribution < -0.4 is 5.32 Å². The lowest BCUT2D eigenvalue weighted by Gasteiger charge is -2.33. The van der Waals surface area contributed by atoms with Crippen LogP contribution in [-0.4, -0.2) is 54.7 Å². The number of piperidine rings is 1. The van der Waals surface area contributed by atoms with Gasteiger partial charge in [0.25, 0.3) is 0 Å². The molecule has 5 heteroatoms. The summed E-state index contributed by atoms with van der Waals surface area (Å²) in [6, 6.07) is 2.08. The lowest BCUT2D eigenvalue weighted by atomic mass is 9.96. The summed E-state index contributed by atoms with van der Waals surface area (Å²) in [4.78, 5) is 5.16. The smallest absolute Gasteiger partial charge is 0.151 e. The molecule has 2 fully saturated rings. The van der Waals surface area contributed by atoms with Crippen LogP contribution in [0.15, 0.2) is 10.6 Å². The first-order valence-corrected chi connectivity index (χ1v) is 8.37. The van der Waals surface area contributed by atoms with Gasteiger partial charge >= 0.3 is 0 Å². The third-order valence-corrected chi connectivity index (χ3v) is 4.77. The van der Waals surface area contributed by atoms with Crippen molar-refractivity contribution >= 4 is 0 Å². The highest BCUT2D eigenvalue weighted by atomic mass is 16.5. The molecule has 3 rings (SSSR count). The van der Waals surface area contributed by atoms with Crippen LogP contribution in [0.25, 0.3) is 0 Å². The molecule has 2 aliphatic rings. The third-order valence-electron chi connectivity index (χ3n) is 4.77. The summed E-state index contributed by atoms with van der Waals surface area (Å²) in [6.45, 7) is 8.05. The summed E-state index contributed by atoms with van der Waals surface area (Å²) in [5.41, 5.74) is 0.997. The van der Waals surface area contributed by atoms with E-state index in [0.717, 1.165) is 30.5 Å². The minimum Gasteiger partial charge on any atom is -0.360 e. The largest absolute Gasteiger partial charge is 0.360 e. The molecule has 118 valence electrons. The van der Waals surface area contributed by atoms with Crippen LogP contribution in [0.4, 0.5) is 0 Å². The molecule has 0 aliphatic carbocycles. The van der Waals surface area contributed by atoms with Gasteiger partial charge in [-0.25, -0.2) is 0 Å². The second kappa shape index (κ2) is 7.38. The Bertz CT molecular complexity index is 420. The molecule has 0 radical (unpaired) electrons.